The van der Waals surface area contributed by atoms with Crippen molar-refractivity contribution in [1.29, 1.82) is 0 Å². The Morgan fingerprint density at radius 2 is 1.94 bits per heavy atom. The molecular weight excluding hydrogens is 238 g/mol. The van der Waals surface area contributed by atoms with Gasteiger partial charge < -0.3 is 10.0 Å². The average Bonchev–Trinajstić information content (AvgIpc) is 2.32. The van der Waals surface area contributed by atoms with E-state index in [0.29, 0.717) is 11.7 Å². The van der Waals surface area contributed by atoms with Crippen molar-refractivity contribution in [3.05, 3.63) is 16.5 Å². The first-order chi connectivity index (χ1) is 8.13. The minimum atomic E-state index is 0.114. The zero-order chi connectivity index (χ0) is 12.8. The van der Waals surface area contributed by atoms with E-state index in [0.717, 1.165) is 36.6 Å². The lowest BCUT2D eigenvalue weighted by Crippen LogP contribution is -2.29. The summed E-state index contributed by atoms with van der Waals surface area (Å²) < 4.78 is 0. The number of anilines is 1. The number of hydrogen-bond donors (Lipinski definition) is 1. The molecule has 0 fully saturated rings. The maximum absolute atomic E-state index is 9.09. The van der Waals surface area contributed by atoms with Gasteiger partial charge in [-0.2, -0.15) is 0 Å². The van der Waals surface area contributed by atoms with Crippen LogP contribution in [0.1, 0.15) is 31.7 Å². The van der Waals surface area contributed by atoms with Crippen LogP contribution in [0.4, 0.5) is 5.82 Å². The van der Waals surface area contributed by atoms with Gasteiger partial charge in [-0.05, 0) is 13.3 Å². The minimum Gasteiger partial charge on any atom is -0.395 e. The predicted octanol–water partition coefficient (Wildman–Crippen LogP) is 2.21. The maximum Gasteiger partial charge on any atom is 0.137 e. The Kier molecular flexibility index (Phi) is 5.65. The fraction of sp³-hybridized carbons (Fsp3) is 0.667. The first-order valence-corrected chi connectivity index (χ1v) is 6.40. The second-order valence-corrected chi connectivity index (χ2v) is 4.30. The third kappa shape index (κ3) is 3.54. The van der Waals surface area contributed by atoms with Crippen LogP contribution >= 0.6 is 11.6 Å². The van der Waals surface area contributed by atoms with Crippen molar-refractivity contribution >= 4 is 17.4 Å². The summed E-state index contributed by atoms with van der Waals surface area (Å²) >= 11 is 6.10. The number of nitrogens with zero attached hydrogens (tertiary/aromatic N) is 3. The number of aromatic nitrogens is 2. The lowest BCUT2D eigenvalue weighted by molar-refractivity contribution is 0.301. The molecule has 0 aliphatic carbocycles. The van der Waals surface area contributed by atoms with Crippen molar-refractivity contribution in [2.24, 2.45) is 0 Å². The van der Waals surface area contributed by atoms with Gasteiger partial charge in [0.15, 0.2) is 0 Å². The SMILES string of the molecule is CCCN(CCO)c1nc(CC)nc(Cl)c1C. The van der Waals surface area contributed by atoms with Crippen molar-refractivity contribution in [1.82, 2.24) is 9.97 Å². The molecule has 0 unspecified atom stereocenters. The molecule has 0 amide bonds. The quantitative estimate of drug-likeness (QED) is 0.794. The molecule has 0 atom stereocenters. The molecule has 0 radical (unpaired) electrons. The van der Waals surface area contributed by atoms with Crippen LogP contribution in [0.25, 0.3) is 0 Å². The molecule has 1 rings (SSSR count). The van der Waals surface area contributed by atoms with E-state index in [9.17, 15) is 0 Å². The van der Waals surface area contributed by atoms with E-state index in [1.54, 1.807) is 0 Å². The summed E-state index contributed by atoms with van der Waals surface area (Å²) in [6, 6.07) is 0. The largest absolute Gasteiger partial charge is 0.395 e. The molecule has 4 nitrogen and oxygen atoms in total. The average molecular weight is 258 g/mol. The molecule has 0 aromatic carbocycles. The van der Waals surface area contributed by atoms with E-state index < -0.39 is 0 Å². The molecule has 1 heterocycles. The van der Waals surface area contributed by atoms with Crippen molar-refractivity contribution in [2.75, 3.05) is 24.6 Å². The summed E-state index contributed by atoms with van der Waals surface area (Å²) in [6.07, 6.45) is 1.76. The van der Waals surface area contributed by atoms with Gasteiger partial charge in [-0.3, -0.25) is 0 Å². The van der Waals surface area contributed by atoms with Crippen LogP contribution < -0.4 is 4.90 Å². The molecule has 96 valence electrons. The van der Waals surface area contributed by atoms with Gasteiger partial charge in [-0.25, -0.2) is 9.97 Å². The first-order valence-electron chi connectivity index (χ1n) is 6.02. The molecular formula is C12H20ClN3O. The normalized spacial score (nSPS) is 10.6. The molecule has 1 aromatic heterocycles. The topological polar surface area (TPSA) is 49.2 Å². The van der Waals surface area contributed by atoms with Gasteiger partial charge >= 0.3 is 0 Å². The maximum atomic E-state index is 9.09. The Morgan fingerprint density at radius 1 is 1.24 bits per heavy atom. The van der Waals surface area contributed by atoms with Crippen molar-refractivity contribution in [3.8, 4) is 0 Å². The first kappa shape index (κ1) is 14.2. The molecule has 0 saturated heterocycles. The van der Waals surface area contributed by atoms with E-state index >= 15 is 0 Å². The Hall–Kier alpha value is -0.870. The number of aliphatic hydroxyl groups is 1. The number of halogens is 1. The van der Waals surface area contributed by atoms with E-state index in [-0.39, 0.29) is 6.61 Å². The Bertz CT molecular complexity index is 365. The molecule has 5 heteroatoms. The van der Waals surface area contributed by atoms with Gasteiger partial charge in [0.2, 0.25) is 0 Å². The molecule has 1 aromatic rings. The highest BCUT2D eigenvalue weighted by Gasteiger charge is 2.14. The predicted molar refractivity (Wildman–Crippen MR) is 70.7 cm³/mol. The van der Waals surface area contributed by atoms with Crippen molar-refractivity contribution < 1.29 is 5.11 Å². The second-order valence-electron chi connectivity index (χ2n) is 3.94. The fourth-order valence-corrected chi connectivity index (χ4v) is 1.88. The van der Waals surface area contributed by atoms with Gasteiger partial charge in [-0.15, -0.1) is 0 Å². The zero-order valence-electron chi connectivity index (χ0n) is 10.7. The minimum absolute atomic E-state index is 0.114. The Balaban J connectivity index is 3.11. The number of aliphatic hydroxyl groups excluding tert-OH is 1. The Morgan fingerprint density at radius 3 is 2.47 bits per heavy atom. The van der Waals surface area contributed by atoms with Crippen molar-refractivity contribution in [3.63, 3.8) is 0 Å². The summed E-state index contributed by atoms with van der Waals surface area (Å²) in [5.41, 5.74) is 0.880. The number of rotatable bonds is 6. The number of hydrogen-bond acceptors (Lipinski definition) is 4. The lowest BCUT2D eigenvalue weighted by Gasteiger charge is -2.24. The van der Waals surface area contributed by atoms with E-state index in [4.69, 9.17) is 16.7 Å². The molecule has 0 aliphatic heterocycles. The van der Waals surface area contributed by atoms with Crippen LogP contribution in [-0.4, -0.2) is 34.8 Å². The van der Waals surface area contributed by atoms with Gasteiger partial charge in [0.1, 0.15) is 16.8 Å². The molecule has 0 saturated carbocycles. The van der Waals surface area contributed by atoms with E-state index in [1.165, 1.54) is 0 Å². The fourth-order valence-electron chi connectivity index (χ4n) is 1.70. The summed E-state index contributed by atoms with van der Waals surface area (Å²) in [6.45, 7) is 7.56. The van der Waals surface area contributed by atoms with Crippen molar-refractivity contribution in [2.45, 2.75) is 33.6 Å². The highest BCUT2D eigenvalue weighted by atomic mass is 35.5. The molecule has 0 spiro atoms. The smallest absolute Gasteiger partial charge is 0.137 e. The second kappa shape index (κ2) is 6.77. The van der Waals surface area contributed by atoms with Crippen LogP contribution in [0.3, 0.4) is 0 Å². The van der Waals surface area contributed by atoms with E-state index in [1.807, 2.05) is 13.8 Å². The summed E-state index contributed by atoms with van der Waals surface area (Å²) in [7, 11) is 0. The number of aryl methyl sites for hydroxylation is 1. The van der Waals surface area contributed by atoms with Gasteiger partial charge in [-0.1, -0.05) is 25.4 Å². The lowest BCUT2D eigenvalue weighted by atomic mass is 10.3. The highest BCUT2D eigenvalue weighted by molar-refractivity contribution is 6.30. The van der Waals surface area contributed by atoms with Crippen LogP contribution in [0.5, 0.6) is 0 Å². The summed E-state index contributed by atoms with van der Waals surface area (Å²) in [5, 5.41) is 9.60. The third-order valence-corrected chi connectivity index (χ3v) is 2.95. The van der Waals surface area contributed by atoms with Crippen LogP contribution in [0, 0.1) is 6.92 Å². The van der Waals surface area contributed by atoms with Gasteiger partial charge in [0.25, 0.3) is 0 Å². The molecule has 0 bridgehead atoms. The van der Waals surface area contributed by atoms with Gasteiger partial charge in [0.05, 0.1) is 6.61 Å². The van der Waals surface area contributed by atoms with Gasteiger partial charge in [0, 0.05) is 25.1 Å². The van der Waals surface area contributed by atoms with Crippen LogP contribution in [-0.2, 0) is 6.42 Å². The summed E-state index contributed by atoms with van der Waals surface area (Å²) in [5.74, 6) is 1.59. The molecule has 1 N–H and O–H groups in total. The third-order valence-electron chi connectivity index (χ3n) is 2.59. The standard InChI is InChI=1S/C12H20ClN3O/c1-4-6-16(7-8-17)12-9(3)11(13)14-10(5-2)15-12/h17H,4-8H2,1-3H3. The van der Waals surface area contributed by atoms with Crippen LogP contribution in [0.2, 0.25) is 5.15 Å². The molecule has 0 aliphatic rings. The van der Waals surface area contributed by atoms with Crippen LogP contribution in [0.15, 0.2) is 0 Å². The zero-order valence-corrected chi connectivity index (χ0v) is 11.5. The highest BCUT2D eigenvalue weighted by Crippen LogP contribution is 2.23. The van der Waals surface area contributed by atoms with E-state index in [2.05, 4.69) is 21.8 Å². The Labute approximate surface area is 108 Å². The summed E-state index contributed by atoms with van der Waals surface area (Å²) in [4.78, 5) is 10.8. The monoisotopic (exact) mass is 257 g/mol. The molecule has 17 heavy (non-hydrogen) atoms.